The number of hydrogen-bond acceptors (Lipinski definition) is 4. The monoisotopic (exact) mass is 1010 g/mol. The van der Waals surface area contributed by atoms with E-state index in [1.54, 1.807) is 5.56 Å². The molecule has 0 atom stereocenters. The van der Waals surface area contributed by atoms with Crippen LogP contribution in [0.15, 0.2) is 144 Å². The van der Waals surface area contributed by atoms with Crippen LogP contribution in [0.1, 0.15) is 180 Å². The van der Waals surface area contributed by atoms with Crippen LogP contribution in [0.4, 0.5) is 51.4 Å². The van der Waals surface area contributed by atoms with Crippen molar-refractivity contribution in [2.45, 2.75) is 179 Å². The lowest BCUT2D eigenvalue weighted by Gasteiger charge is -2.52. The molecule has 0 amide bonds. The van der Waals surface area contributed by atoms with Gasteiger partial charge in [0.25, 0.3) is 6.71 Å². The molecule has 15 rings (SSSR count). The van der Waals surface area contributed by atoms with Gasteiger partial charge < -0.3 is 14.2 Å². The summed E-state index contributed by atoms with van der Waals surface area (Å²) in [4.78, 5) is 7.71. The molecule has 7 aromatic carbocycles. The smallest absolute Gasteiger partial charge is 0.257 e. The van der Waals surface area contributed by atoms with Crippen LogP contribution in [0.5, 0.6) is 0 Å². The molecule has 4 nitrogen and oxygen atoms in total. The number of fused-ring (bicyclic) bond motifs is 10. The zero-order valence-electron chi connectivity index (χ0n) is 48.3. The first-order valence-electron chi connectivity index (χ1n) is 29.2. The lowest BCUT2D eigenvalue weighted by atomic mass is 9.33. The summed E-state index contributed by atoms with van der Waals surface area (Å²) in [5.41, 5.74) is 24.9. The molecule has 1 fully saturated rings. The predicted octanol–water partition coefficient (Wildman–Crippen LogP) is 18.1. The average Bonchev–Trinajstić information content (AvgIpc) is 3.91. The quantitative estimate of drug-likeness (QED) is 0.160. The minimum Gasteiger partial charge on any atom is -0.440 e. The molecule has 8 aromatic rings. The third-order valence-electron chi connectivity index (χ3n) is 20.9. The molecule has 77 heavy (non-hydrogen) atoms. The summed E-state index contributed by atoms with van der Waals surface area (Å²) in [6.45, 7) is 31.7. The van der Waals surface area contributed by atoms with Crippen LogP contribution < -0.4 is 31.1 Å². The van der Waals surface area contributed by atoms with Crippen LogP contribution in [0.25, 0.3) is 11.0 Å². The van der Waals surface area contributed by atoms with Gasteiger partial charge in [0.05, 0.1) is 5.69 Å². The van der Waals surface area contributed by atoms with Gasteiger partial charge in [-0.25, -0.2) is 0 Å². The molecule has 7 aliphatic rings. The average molecular weight is 1010 g/mol. The fourth-order valence-corrected chi connectivity index (χ4v) is 15.6. The van der Waals surface area contributed by atoms with Crippen LogP contribution in [0.2, 0.25) is 0 Å². The lowest BCUT2D eigenvalue weighted by molar-refractivity contribution is 0.188. The summed E-state index contributed by atoms with van der Waals surface area (Å²) in [5.74, 6) is 0.947. The van der Waals surface area contributed by atoms with Crippen molar-refractivity contribution < 1.29 is 4.42 Å². The van der Waals surface area contributed by atoms with Gasteiger partial charge in [-0.3, -0.25) is 4.90 Å². The number of furan rings is 1. The van der Waals surface area contributed by atoms with Crippen molar-refractivity contribution in [2.24, 2.45) is 0 Å². The number of hydrogen-bond donors (Lipinski definition) is 0. The normalized spacial score (nSPS) is 22.6. The van der Waals surface area contributed by atoms with E-state index in [-0.39, 0.29) is 44.6 Å². The maximum Gasteiger partial charge on any atom is 0.257 e. The highest BCUT2D eigenvalue weighted by atomic mass is 16.4. The second kappa shape index (κ2) is 16.1. The molecule has 0 radical (unpaired) electrons. The van der Waals surface area contributed by atoms with Gasteiger partial charge in [-0.15, -0.1) is 0 Å². The lowest BCUT2D eigenvalue weighted by Crippen LogP contribution is -2.61. The summed E-state index contributed by atoms with van der Waals surface area (Å²) in [5, 5.41) is 1.26. The SMILES string of the molecule is CC(C)(C)c1ccc2c(c1)B1c3c(cc(N(c4ccccc4)c4ccccc4)cc3N(c3ccc4c(c3)C(C)(C)CCC4(C)C)c3oc4cc5c(cc4c31)C1(C)CCC5(C)CC1)N2c1ccc2c(c1)C(C)(C)CCC2(C)C. The highest BCUT2D eigenvalue weighted by Crippen LogP contribution is 2.59. The molecule has 5 aliphatic carbocycles. The van der Waals surface area contributed by atoms with Gasteiger partial charge in [0.2, 0.25) is 5.88 Å². The van der Waals surface area contributed by atoms with E-state index in [4.69, 9.17) is 4.42 Å². The van der Waals surface area contributed by atoms with Gasteiger partial charge in [0.1, 0.15) is 5.58 Å². The molecular weight excluding hydrogens is 934 g/mol. The Morgan fingerprint density at radius 1 is 0.429 bits per heavy atom. The number of benzene rings is 7. The molecule has 2 bridgehead atoms. The highest BCUT2D eigenvalue weighted by molar-refractivity contribution is 7.01. The Kier molecular flexibility index (Phi) is 10.2. The maximum atomic E-state index is 7.80. The topological polar surface area (TPSA) is 22.9 Å². The molecule has 0 spiro atoms. The zero-order chi connectivity index (χ0) is 53.6. The van der Waals surface area contributed by atoms with E-state index >= 15 is 0 Å². The molecule has 0 saturated heterocycles. The molecule has 5 heteroatoms. The second-order valence-corrected chi connectivity index (χ2v) is 28.9. The first-order chi connectivity index (χ1) is 36.5. The third-order valence-corrected chi connectivity index (χ3v) is 20.9. The Bertz CT molecular complexity index is 3710. The Morgan fingerprint density at radius 3 is 1.43 bits per heavy atom. The van der Waals surface area contributed by atoms with E-state index in [0.29, 0.717) is 0 Å². The van der Waals surface area contributed by atoms with E-state index in [0.717, 1.165) is 47.1 Å². The van der Waals surface area contributed by atoms with Crippen molar-refractivity contribution in [2.75, 3.05) is 14.7 Å². The largest absolute Gasteiger partial charge is 0.440 e. The Labute approximate surface area is 460 Å². The molecule has 0 N–H and O–H groups in total. The van der Waals surface area contributed by atoms with Crippen molar-refractivity contribution in [1.29, 1.82) is 0 Å². The van der Waals surface area contributed by atoms with Gasteiger partial charge in [-0.05, 0) is 218 Å². The summed E-state index contributed by atoms with van der Waals surface area (Å²) >= 11 is 0. The van der Waals surface area contributed by atoms with Crippen LogP contribution >= 0.6 is 0 Å². The van der Waals surface area contributed by atoms with Gasteiger partial charge in [0.15, 0.2) is 0 Å². The highest BCUT2D eigenvalue weighted by Gasteiger charge is 2.52. The van der Waals surface area contributed by atoms with Crippen molar-refractivity contribution in [3.05, 3.63) is 178 Å². The molecule has 3 heterocycles. The molecule has 1 saturated carbocycles. The molecule has 390 valence electrons. The van der Waals surface area contributed by atoms with E-state index in [9.17, 15) is 0 Å². The van der Waals surface area contributed by atoms with Crippen molar-refractivity contribution >= 4 is 85.5 Å². The van der Waals surface area contributed by atoms with Crippen molar-refractivity contribution in [1.82, 2.24) is 0 Å². The van der Waals surface area contributed by atoms with Gasteiger partial charge >= 0.3 is 0 Å². The molecule has 0 unspecified atom stereocenters. The summed E-state index contributed by atoms with van der Waals surface area (Å²) in [6, 6.07) is 54.6. The molecule has 1 aromatic heterocycles. The maximum absolute atomic E-state index is 7.80. The van der Waals surface area contributed by atoms with Gasteiger partial charge in [0, 0.05) is 50.7 Å². The van der Waals surface area contributed by atoms with Crippen LogP contribution in [0.3, 0.4) is 0 Å². The fraction of sp³-hybridized carbons (Fsp3) is 0.389. The number of anilines is 9. The summed E-state index contributed by atoms with van der Waals surface area (Å²) < 4.78 is 7.80. The van der Waals surface area contributed by atoms with Crippen molar-refractivity contribution in [3.63, 3.8) is 0 Å². The molecular formula is C72H78BN3O. The van der Waals surface area contributed by atoms with Crippen LogP contribution in [0, 0.1) is 0 Å². The Hall–Kier alpha value is -6.46. The van der Waals surface area contributed by atoms with Gasteiger partial charge in [-0.1, -0.05) is 151 Å². The first-order valence-corrected chi connectivity index (χ1v) is 29.2. The second-order valence-electron chi connectivity index (χ2n) is 28.9. The minimum atomic E-state index is -0.111. The van der Waals surface area contributed by atoms with E-state index < -0.39 is 0 Å². The van der Waals surface area contributed by atoms with Crippen LogP contribution in [-0.4, -0.2) is 6.71 Å². The predicted molar refractivity (Wildman–Crippen MR) is 327 cm³/mol. The number of para-hydroxylation sites is 2. The number of rotatable bonds is 5. The summed E-state index contributed by atoms with van der Waals surface area (Å²) in [7, 11) is 0. The van der Waals surface area contributed by atoms with Crippen molar-refractivity contribution in [3.8, 4) is 0 Å². The van der Waals surface area contributed by atoms with E-state index in [2.05, 4.69) is 244 Å². The molecule has 2 aliphatic heterocycles. The summed E-state index contributed by atoms with van der Waals surface area (Å²) in [6.07, 6.45) is 9.56. The van der Waals surface area contributed by atoms with E-state index in [1.165, 1.54) is 116 Å². The fourth-order valence-electron chi connectivity index (χ4n) is 15.6. The Balaban J connectivity index is 1.14. The zero-order valence-corrected chi connectivity index (χ0v) is 48.3. The van der Waals surface area contributed by atoms with Gasteiger partial charge in [-0.2, -0.15) is 0 Å². The number of nitrogens with zero attached hydrogens (tertiary/aromatic N) is 3. The third kappa shape index (κ3) is 7.16. The first kappa shape index (κ1) is 48.9. The standard InChI is InChI=1S/C72H78BN3O/c1-66(2,3)45-24-29-59-58(38-45)73-63-51-43-56-57(72(13)36-34-71(56,12)35-37-72)44-62(51)77-65(63)76(49-26-28-53-55(40-49)70(10,11)33-31-68(53,6)7)61-42-50(74(46-20-16-14-17-21-46)47-22-18-15-19-23-47)41-60(64(61)73)75(59)48-25-27-52-54(39-48)69(8,9)32-30-67(52,4)5/h14-29,38-44H,30-37H2,1-13H3. The van der Waals surface area contributed by atoms with Crippen LogP contribution in [-0.2, 0) is 37.9 Å². The van der Waals surface area contributed by atoms with E-state index in [1.807, 2.05) is 0 Å². The minimum absolute atomic E-state index is 0.00565. The Morgan fingerprint density at radius 2 is 0.909 bits per heavy atom.